The number of rotatable bonds is 6. The minimum Gasteiger partial charge on any atom is -0.368 e. The molecule has 5 N–H and O–H groups in total. The zero-order valence-electron chi connectivity index (χ0n) is 10.1. The summed E-state index contributed by atoms with van der Waals surface area (Å²) >= 11 is 1.50. The van der Waals surface area contributed by atoms with Gasteiger partial charge in [0.05, 0.1) is 11.7 Å². The third-order valence-electron chi connectivity index (χ3n) is 2.41. The lowest BCUT2D eigenvalue weighted by Gasteiger charge is -2.07. The van der Waals surface area contributed by atoms with Crippen molar-refractivity contribution in [1.29, 1.82) is 0 Å². The highest BCUT2D eigenvalue weighted by Gasteiger charge is 2.11. The number of carbonyl (C=O) groups is 1. The van der Waals surface area contributed by atoms with Crippen LogP contribution in [-0.4, -0.2) is 32.1 Å². The first kappa shape index (κ1) is 13.5. The van der Waals surface area contributed by atoms with Crippen LogP contribution in [0.2, 0.25) is 0 Å². The molecule has 1 atom stereocenters. The molecule has 100 valence electrons. The number of primary amides is 1. The SMILES string of the molecule is NC(=O)C(N)Cc1cccc(CSc2ncn[nH]2)n1. The summed E-state index contributed by atoms with van der Waals surface area (Å²) in [5.41, 5.74) is 12.4. The molecule has 1 unspecified atom stereocenters. The predicted octanol–water partition coefficient (Wildman–Crippen LogP) is -0.153. The van der Waals surface area contributed by atoms with Crippen LogP contribution in [0.25, 0.3) is 0 Å². The summed E-state index contributed by atoms with van der Waals surface area (Å²) in [6, 6.07) is 4.91. The van der Waals surface area contributed by atoms with Crippen molar-refractivity contribution in [3.8, 4) is 0 Å². The molecule has 0 saturated carbocycles. The number of aromatic amines is 1. The third-order valence-corrected chi connectivity index (χ3v) is 3.32. The summed E-state index contributed by atoms with van der Waals surface area (Å²) in [7, 11) is 0. The van der Waals surface area contributed by atoms with Crippen LogP contribution in [0.4, 0.5) is 0 Å². The number of hydrogen-bond acceptors (Lipinski definition) is 6. The van der Waals surface area contributed by atoms with Gasteiger partial charge >= 0.3 is 0 Å². The average molecular weight is 278 g/mol. The van der Waals surface area contributed by atoms with Crippen LogP contribution < -0.4 is 11.5 Å². The van der Waals surface area contributed by atoms with Crippen LogP contribution >= 0.6 is 11.8 Å². The Morgan fingerprint density at radius 1 is 1.42 bits per heavy atom. The summed E-state index contributed by atoms with van der Waals surface area (Å²) in [5.74, 6) is 0.137. The quantitative estimate of drug-likeness (QED) is 0.631. The molecule has 0 spiro atoms. The number of aromatic nitrogens is 4. The van der Waals surface area contributed by atoms with Crippen LogP contribution in [0.3, 0.4) is 0 Å². The Morgan fingerprint density at radius 3 is 2.89 bits per heavy atom. The number of H-pyrrole nitrogens is 1. The Balaban J connectivity index is 1.96. The van der Waals surface area contributed by atoms with Gasteiger partial charge in [0.25, 0.3) is 0 Å². The normalized spacial score (nSPS) is 12.3. The minimum atomic E-state index is -0.704. The summed E-state index contributed by atoms with van der Waals surface area (Å²) in [6.45, 7) is 0. The van der Waals surface area contributed by atoms with Gasteiger partial charge in [-0.15, -0.1) is 0 Å². The number of nitrogens with zero attached hydrogens (tertiary/aromatic N) is 3. The molecule has 2 aromatic rings. The molecule has 2 aromatic heterocycles. The fraction of sp³-hybridized carbons (Fsp3) is 0.273. The lowest BCUT2D eigenvalue weighted by molar-refractivity contribution is -0.119. The van der Waals surface area contributed by atoms with Gasteiger partial charge in [0.1, 0.15) is 6.33 Å². The Labute approximate surface area is 114 Å². The van der Waals surface area contributed by atoms with Crippen molar-refractivity contribution in [1.82, 2.24) is 20.2 Å². The highest BCUT2D eigenvalue weighted by Crippen LogP contribution is 2.17. The smallest absolute Gasteiger partial charge is 0.234 e. The maximum atomic E-state index is 10.9. The third kappa shape index (κ3) is 4.04. The monoisotopic (exact) mass is 278 g/mol. The van der Waals surface area contributed by atoms with Crippen molar-refractivity contribution >= 4 is 17.7 Å². The number of amides is 1. The Kier molecular flexibility index (Phi) is 4.48. The molecule has 0 aliphatic heterocycles. The van der Waals surface area contributed by atoms with Crippen LogP contribution in [-0.2, 0) is 17.0 Å². The van der Waals surface area contributed by atoms with Gasteiger partial charge in [-0.25, -0.2) is 4.98 Å². The highest BCUT2D eigenvalue weighted by molar-refractivity contribution is 7.98. The van der Waals surface area contributed by atoms with Crippen molar-refractivity contribution in [3.63, 3.8) is 0 Å². The molecule has 0 fully saturated rings. The standard InChI is InChI=1S/C11H14N6OS/c12-9(10(13)18)4-7-2-1-3-8(16-7)5-19-11-14-6-15-17-11/h1-3,6,9H,4-5,12H2,(H2,13,18)(H,14,15,17). The molecule has 8 heteroatoms. The summed E-state index contributed by atoms with van der Waals surface area (Å²) in [5, 5.41) is 7.26. The maximum absolute atomic E-state index is 10.9. The number of hydrogen-bond donors (Lipinski definition) is 3. The van der Waals surface area contributed by atoms with Gasteiger partial charge in [-0.05, 0) is 12.1 Å². The van der Waals surface area contributed by atoms with Crippen molar-refractivity contribution < 1.29 is 4.79 Å². The van der Waals surface area contributed by atoms with Gasteiger partial charge < -0.3 is 11.5 Å². The zero-order valence-corrected chi connectivity index (χ0v) is 10.9. The second-order valence-corrected chi connectivity index (χ2v) is 4.88. The second kappa shape index (κ2) is 6.30. The van der Waals surface area contributed by atoms with Gasteiger partial charge in [-0.1, -0.05) is 17.8 Å². The molecule has 0 saturated heterocycles. The number of thioether (sulfide) groups is 1. The predicted molar refractivity (Wildman–Crippen MR) is 71.1 cm³/mol. The van der Waals surface area contributed by atoms with E-state index in [1.165, 1.54) is 18.1 Å². The van der Waals surface area contributed by atoms with E-state index in [1.54, 1.807) is 0 Å². The largest absolute Gasteiger partial charge is 0.368 e. The Bertz CT molecular complexity index is 544. The van der Waals surface area contributed by atoms with E-state index in [9.17, 15) is 4.79 Å². The lowest BCUT2D eigenvalue weighted by Crippen LogP contribution is -2.38. The first-order valence-corrected chi connectivity index (χ1v) is 6.61. The van der Waals surface area contributed by atoms with E-state index in [1.807, 2.05) is 18.2 Å². The fourth-order valence-corrected chi connectivity index (χ4v) is 2.14. The van der Waals surface area contributed by atoms with Gasteiger partial charge in [-0.2, -0.15) is 5.10 Å². The van der Waals surface area contributed by atoms with E-state index in [2.05, 4.69) is 20.2 Å². The van der Waals surface area contributed by atoms with E-state index in [0.717, 1.165) is 16.5 Å². The maximum Gasteiger partial charge on any atom is 0.234 e. The van der Waals surface area contributed by atoms with Gasteiger partial charge in [-0.3, -0.25) is 14.9 Å². The van der Waals surface area contributed by atoms with Crippen LogP contribution in [0.5, 0.6) is 0 Å². The first-order valence-electron chi connectivity index (χ1n) is 5.63. The molecule has 0 aliphatic carbocycles. The minimum absolute atomic E-state index is 0.343. The van der Waals surface area contributed by atoms with Crippen LogP contribution in [0, 0.1) is 0 Å². The number of carbonyl (C=O) groups excluding carboxylic acids is 1. The number of pyridine rings is 1. The number of nitrogens with two attached hydrogens (primary N) is 2. The molecule has 2 heterocycles. The molecule has 1 amide bonds. The summed E-state index contributed by atoms with van der Waals surface area (Å²) in [4.78, 5) is 19.4. The molecule has 7 nitrogen and oxygen atoms in total. The average Bonchev–Trinajstić information content (AvgIpc) is 2.90. The zero-order chi connectivity index (χ0) is 13.7. The van der Waals surface area contributed by atoms with Gasteiger partial charge in [0, 0.05) is 17.9 Å². The van der Waals surface area contributed by atoms with Crippen molar-refractivity contribution in [2.45, 2.75) is 23.4 Å². The molecular weight excluding hydrogens is 264 g/mol. The van der Waals surface area contributed by atoms with Crippen molar-refractivity contribution in [2.75, 3.05) is 0 Å². The van der Waals surface area contributed by atoms with E-state index < -0.39 is 11.9 Å². The summed E-state index contributed by atoms with van der Waals surface area (Å²) in [6.07, 6.45) is 1.80. The van der Waals surface area contributed by atoms with Crippen molar-refractivity contribution in [3.05, 3.63) is 35.9 Å². The van der Waals surface area contributed by atoms with Crippen LogP contribution in [0.1, 0.15) is 11.4 Å². The highest BCUT2D eigenvalue weighted by atomic mass is 32.2. The molecule has 0 aliphatic rings. The topological polar surface area (TPSA) is 124 Å². The van der Waals surface area contributed by atoms with E-state index >= 15 is 0 Å². The number of nitrogens with one attached hydrogen (secondary N) is 1. The Morgan fingerprint density at radius 2 is 2.21 bits per heavy atom. The fourth-order valence-electron chi connectivity index (χ4n) is 1.46. The molecule has 0 bridgehead atoms. The molecule has 0 radical (unpaired) electrons. The molecule has 2 rings (SSSR count). The van der Waals surface area contributed by atoms with E-state index in [0.29, 0.717) is 12.2 Å². The second-order valence-electron chi connectivity index (χ2n) is 3.91. The van der Waals surface area contributed by atoms with Gasteiger partial charge in [0.15, 0.2) is 5.16 Å². The first-order chi connectivity index (χ1) is 9.15. The van der Waals surface area contributed by atoms with Crippen molar-refractivity contribution in [2.24, 2.45) is 11.5 Å². The van der Waals surface area contributed by atoms with Gasteiger partial charge in [0.2, 0.25) is 5.91 Å². The molecular formula is C11H14N6OS. The summed E-state index contributed by atoms with van der Waals surface area (Å²) < 4.78 is 0. The van der Waals surface area contributed by atoms with E-state index in [4.69, 9.17) is 11.5 Å². The Hall–Kier alpha value is -1.93. The molecule has 0 aromatic carbocycles. The van der Waals surface area contributed by atoms with E-state index in [-0.39, 0.29) is 0 Å². The lowest BCUT2D eigenvalue weighted by atomic mass is 10.1. The molecule has 19 heavy (non-hydrogen) atoms. The van der Waals surface area contributed by atoms with Crippen LogP contribution in [0.15, 0.2) is 29.7 Å².